The number of aliphatic hydroxyl groups excluding tert-OH is 2. The number of benzene rings is 4. The molecular weight excluding hydrogens is 845 g/mol. The predicted molar refractivity (Wildman–Crippen MR) is 242 cm³/mol. The molecule has 2 amide bonds. The van der Waals surface area contributed by atoms with Crippen molar-refractivity contribution in [2.75, 3.05) is 39.3 Å². The molecule has 16 heteroatoms. The smallest absolute Gasteiger partial charge is 0.410 e. The largest absolute Gasteiger partial charge is 0.444 e. The maximum Gasteiger partial charge on any atom is 0.410 e. The Morgan fingerprint density at radius 1 is 0.662 bits per heavy atom. The van der Waals surface area contributed by atoms with E-state index in [9.17, 15) is 37.4 Å². The van der Waals surface area contributed by atoms with Crippen molar-refractivity contribution in [1.82, 2.24) is 20.4 Å². The molecule has 0 radical (unpaired) electrons. The van der Waals surface area contributed by atoms with E-state index in [1.165, 1.54) is 34.1 Å². The molecule has 2 fully saturated rings. The van der Waals surface area contributed by atoms with Crippen LogP contribution >= 0.6 is 0 Å². The Balaban J connectivity index is 0.000000265. The summed E-state index contributed by atoms with van der Waals surface area (Å²) in [5, 5.41) is 28.8. The third kappa shape index (κ3) is 15.4. The van der Waals surface area contributed by atoms with Crippen LogP contribution in [-0.4, -0.2) is 125 Å². The minimum absolute atomic E-state index is 0.0532. The number of amides is 2. The van der Waals surface area contributed by atoms with Gasteiger partial charge in [-0.1, -0.05) is 60.7 Å². The molecule has 2 saturated heterocycles. The summed E-state index contributed by atoms with van der Waals surface area (Å²) in [7, 11) is 0. The van der Waals surface area contributed by atoms with Gasteiger partial charge in [-0.15, -0.1) is 0 Å². The van der Waals surface area contributed by atoms with Gasteiger partial charge in [-0.25, -0.2) is 27.2 Å². The second-order valence-electron chi connectivity index (χ2n) is 18.3. The highest BCUT2D eigenvalue weighted by atomic mass is 19.1. The molecule has 1 unspecified atom stereocenters. The summed E-state index contributed by atoms with van der Waals surface area (Å²) in [6.07, 6.45) is -3.17. The molecule has 0 bridgehead atoms. The number of aliphatic imine (C=N–C) groups is 1. The lowest BCUT2D eigenvalue weighted by Crippen LogP contribution is -2.62. The number of carbonyl (C=O) groups excluding carboxylic acids is 2. The van der Waals surface area contributed by atoms with Gasteiger partial charge < -0.3 is 36.1 Å². The molecule has 6 N–H and O–H groups in total. The van der Waals surface area contributed by atoms with Gasteiger partial charge in [-0.3, -0.25) is 14.8 Å². The Labute approximate surface area is 378 Å². The van der Waals surface area contributed by atoms with Crippen LogP contribution in [0.1, 0.15) is 63.8 Å². The van der Waals surface area contributed by atoms with Crippen molar-refractivity contribution in [1.29, 1.82) is 0 Å². The fourth-order valence-corrected chi connectivity index (χ4v) is 7.71. The summed E-state index contributed by atoms with van der Waals surface area (Å²) in [6.45, 7) is 13.2. The Hall–Kier alpha value is -5.39. The zero-order valence-electron chi connectivity index (χ0n) is 37.8. The number of nitrogens with one attached hydrogen (secondary N) is 2. The molecule has 2 heterocycles. The fraction of sp³-hybridized carbons (Fsp3) is 0.449. The molecule has 0 spiro atoms. The topological polar surface area (TPSA) is 162 Å². The van der Waals surface area contributed by atoms with Gasteiger partial charge in [-0.05, 0) is 89.8 Å². The van der Waals surface area contributed by atoms with Gasteiger partial charge in [0.25, 0.3) is 0 Å². The third-order valence-electron chi connectivity index (χ3n) is 10.6. The average Bonchev–Trinajstić information content (AvgIpc) is 3.23. The van der Waals surface area contributed by atoms with E-state index in [0.717, 1.165) is 23.3 Å². The number of nitrogens with two attached hydrogens (primary N) is 1. The molecule has 2 aliphatic rings. The van der Waals surface area contributed by atoms with Crippen LogP contribution in [0.25, 0.3) is 0 Å². The van der Waals surface area contributed by atoms with E-state index in [1.54, 1.807) is 41.5 Å². The van der Waals surface area contributed by atoms with E-state index in [2.05, 4.69) is 10.6 Å². The monoisotopic (exact) mass is 906 g/mol. The van der Waals surface area contributed by atoms with Crippen molar-refractivity contribution in [2.45, 2.75) is 102 Å². The summed E-state index contributed by atoms with van der Waals surface area (Å²) in [4.78, 5) is 33.5. The van der Waals surface area contributed by atoms with Gasteiger partial charge in [0.15, 0.2) is 0 Å². The van der Waals surface area contributed by atoms with Crippen molar-refractivity contribution in [2.24, 2.45) is 10.7 Å². The summed E-state index contributed by atoms with van der Waals surface area (Å²) in [5.74, 6) is -2.81. The SMILES string of the molecule is CC(C)(C)OC(=O)N1CCNC[C@@H]1[C@@H](O)C(N)Cc1cc(F)cc(F)c1.CC(C)(C)OC(=O)N1CCNC[C@@H]1[C@@H](O)[C@H](Cc1cc(F)cc(F)c1)N=C(c1ccccc1)c1ccccc1. The molecular formula is C49H62F4N6O6. The number of ether oxygens (including phenoxy) is 2. The highest BCUT2D eigenvalue weighted by molar-refractivity contribution is 6.13. The standard InChI is InChI=1S/C31H35F2N3O3.C18H27F2N3O3/c1-31(2,3)39-30(38)36-15-14-34-20-27(36)29(37)26(18-21-16-24(32)19-25(33)17-21)35-28(22-10-6-4-7-11-22)23-12-8-5-9-13-23;1-18(2,3)26-17(25)23-5-4-22-10-15(23)16(24)14(21)8-11-6-12(19)9-13(20)7-11/h4-13,16-17,19,26-27,29,34,37H,14-15,18,20H2,1-3H3;6-7,9,14-16,22,24H,4-5,8,10,21H2,1-3H3/t26-,27+,29-;14?,15-,16+/m01/s1. The number of rotatable bonds is 11. The van der Waals surface area contributed by atoms with Gasteiger partial charge in [0.05, 0.1) is 36.0 Å². The summed E-state index contributed by atoms with van der Waals surface area (Å²) < 4.78 is 66.0. The van der Waals surface area contributed by atoms with Gasteiger partial charge in [0.1, 0.15) is 34.5 Å². The molecule has 65 heavy (non-hydrogen) atoms. The Morgan fingerprint density at radius 3 is 1.45 bits per heavy atom. The number of aliphatic hydroxyl groups is 2. The van der Waals surface area contributed by atoms with Crippen LogP contribution in [0, 0.1) is 23.3 Å². The van der Waals surface area contributed by atoms with E-state index in [-0.39, 0.29) is 12.8 Å². The first kappa shape index (κ1) is 50.6. The van der Waals surface area contributed by atoms with Crippen molar-refractivity contribution in [3.8, 4) is 0 Å². The fourth-order valence-electron chi connectivity index (χ4n) is 7.71. The minimum atomic E-state index is -1.17. The lowest BCUT2D eigenvalue weighted by Gasteiger charge is -2.41. The zero-order valence-corrected chi connectivity index (χ0v) is 37.8. The number of nitrogens with zero attached hydrogens (tertiary/aromatic N) is 3. The quantitative estimate of drug-likeness (QED) is 0.0849. The van der Waals surface area contributed by atoms with E-state index >= 15 is 0 Å². The number of halogens is 4. The number of hydrogen-bond acceptors (Lipinski definition) is 10. The molecule has 0 aliphatic carbocycles. The Kier molecular flexibility index (Phi) is 17.7. The van der Waals surface area contributed by atoms with Crippen molar-refractivity contribution in [3.63, 3.8) is 0 Å². The van der Waals surface area contributed by atoms with E-state index in [0.29, 0.717) is 56.1 Å². The van der Waals surface area contributed by atoms with E-state index in [4.69, 9.17) is 20.2 Å². The van der Waals surface area contributed by atoms with Gasteiger partial charge in [-0.2, -0.15) is 0 Å². The predicted octanol–water partition coefficient (Wildman–Crippen LogP) is 6.39. The first-order chi connectivity index (χ1) is 30.7. The van der Waals surface area contributed by atoms with Gasteiger partial charge >= 0.3 is 12.2 Å². The normalized spacial score (nSPS) is 18.6. The van der Waals surface area contributed by atoms with Crippen molar-refractivity contribution < 1.29 is 46.8 Å². The van der Waals surface area contributed by atoms with Crippen LogP contribution in [-0.2, 0) is 22.3 Å². The lowest BCUT2D eigenvalue weighted by atomic mass is 9.93. The summed E-state index contributed by atoms with van der Waals surface area (Å²) >= 11 is 0. The molecule has 0 aromatic heterocycles. The van der Waals surface area contributed by atoms with E-state index in [1.807, 2.05) is 60.7 Å². The average molecular weight is 907 g/mol. The molecule has 6 atom stereocenters. The molecule has 2 aliphatic heterocycles. The second-order valence-corrected chi connectivity index (χ2v) is 18.3. The highest BCUT2D eigenvalue weighted by Crippen LogP contribution is 2.24. The van der Waals surface area contributed by atoms with Crippen LogP contribution in [0.2, 0.25) is 0 Å². The molecule has 12 nitrogen and oxygen atoms in total. The van der Waals surface area contributed by atoms with Crippen LogP contribution < -0.4 is 16.4 Å². The van der Waals surface area contributed by atoms with Crippen LogP contribution in [0.3, 0.4) is 0 Å². The Morgan fingerprint density at radius 2 is 1.05 bits per heavy atom. The van der Waals surface area contributed by atoms with Crippen LogP contribution in [0.5, 0.6) is 0 Å². The maximum atomic E-state index is 14.1. The van der Waals surface area contributed by atoms with Crippen LogP contribution in [0.4, 0.5) is 27.2 Å². The van der Waals surface area contributed by atoms with E-state index < -0.39 is 83.0 Å². The van der Waals surface area contributed by atoms with Gasteiger partial charge in [0.2, 0.25) is 0 Å². The molecule has 0 saturated carbocycles. The Bertz CT molecular complexity index is 2120. The van der Waals surface area contributed by atoms with Gasteiger partial charge in [0, 0.05) is 68.6 Å². The van der Waals surface area contributed by atoms with Crippen LogP contribution in [0.15, 0.2) is 102 Å². The van der Waals surface area contributed by atoms with Crippen molar-refractivity contribution >= 4 is 17.9 Å². The summed E-state index contributed by atoms with van der Waals surface area (Å²) in [6, 6.07) is 22.6. The molecule has 352 valence electrons. The second kappa shape index (κ2) is 22.7. The van der Waals surface area contributed by atoms with Crippen molar-refractivity contribution in [3.05, 3.63) is 143 Å². The zero-order chi connectivity index (χ0) is 47.5. The maximum absolute atomic E-state index is 14.1. The minimum Gasteiger partial charge on any atom is -0.444 e. The highest BCUT2D eigenvalue weighted by Gasteiger charge is 2.39. The number of hydrogen-bond donors (Lipinski definition) is 5. The number of carbonyl (C=O) groups is 2. The lowest BCUT2D eigenvalue weighted by molar-refractivity contribution is -0.0177. The third-order valence-corrected chi connectivity index (χ3v) is 10.6. The molecule has 4 aromatic carbocycles. The first-order valence-electron chi connectivity index (χ1n) is 21.8. The molecule has 4 aromatic rings. The molecule has 6 rings (SSSR count). The summed E-state index contributed by atoms with van der Waals surface area (Å²) in [5.41, 5.74) is 7.70. The first-order valence-corrected chi connectivity index (χ1v) is 21.8. The number of piperazine rings is 2.